The van der Waals surface area contributed by atoms with Crippen LogP contribution in [0.4, 0.5) is 0 Å². The summed E-state index contributed by atoms with van der Waals surface area (Å²) in [5.41, 5.74) is 12.8. The number of nitrogens with one attached hydrogen (secondary N) is 13. The molecule has 1 aromatic heterocycles. The van der Waals surface area contributed by atoms with Crippen molar-refractivity contribution in [2.24, 2.45) is 23.3 Å². The number of carboxylic acid groups (broad SMARTS) is 1. The lowest BCUT2D eigenvalue weighted by Crippen LogP contribution is -2.61. The van der Waals surface area contributed by atoms with Crippen LogP contribution < -0.4 is 89.5 Å². The summed E-state index contributed by atoms with van der Waals surface area (Å²) in [4.78, 5) is 214. The number of methoxy groups -OCH3 is 3. The maximum absolute atomic E-state index is 15.0. The third-order valence-electron chi connectivity index (χ3n) is 21.6. The second kappa shape index (κ2) is 47.1. The van der Waals surface area contributed by atoms with E-state index in [4.69, 9.17) is 47.1 Å². The van der Waals surface area contributed by atoms with Gasteiger partial charge in [-0.3, -0.25) is 77.3 Å². The third kappa shape index (κ3) is 28.3. The molecule has 13 unspecified atom stereocenters. The van der Waals surface area contributed by atoms with Gasteiger partial charge in [-0.15, -0.1) is 0 Å². The molecule has 0 saturated carbocycles. The molecule has 124 heavy (non-hydrogen) atoms. The molecule has 0 bridgehead atoms. The minimum absolute atomic E-state index is 0.0116. The zero-order chi connectivity index (χ0) is 91.5. The largest absolute Gasteiger partial charge is 0.497 e. The first-order valence-corrected chi connectivity index (χ1v) is 42.1. The van der Waals surface area contributed by atoms with E-state index in [0.29, 0.717) is 64.3 Å². The van der Waals surface area contributed by atoms with E-state index in [0.717, 1.165) is 4.90 Å². The zero-order valence-electron chi connectivity index (χ0n) is 72.2. The van der Waals surface area contributed by atoms with Crippen molar-refractivity contribution in [3.05, 3.63) is 88.1 Å². The number of carbonyl (C=O) groups excluding carboxylic acids is 14. The number of nitrogens with zero attached hydrogens (tertiary/aromatic N) is 3. The number of unbranched alkanes of at least 4 members (excludes halogenated alkanes) is 1. The third-order valence-corrected chi connectivity index (χ3v) is 21.9. The average molecular weight is 1750 g/mol. The number of primary amides is 1. The van der Waals surface area contributed by atoms with Crippen LogP contribution in [0, 0.1) is 24.2 Å². The number of aliphatic hydroxyl groups is 1. The number of carboxylic acids is 1. The van der Waals surface area contributed by atoms with Crippen LogP contribution in [0.15, 0.2) is 65.1 Å². The number of ether oxygens (including phenoxy) is 3. The Balaban J connectivity index is 1.00. The van der Waals surface area contributed by atoms with E-state index < -0.39 is 193 Å². The highest BCUT2D eigenvalue weighted by atomic mass is 35.5. The Morgan fingerprint density at radius 2 is 1.11 bits per heavy atom. The lowest BCUT2D eigenvalue weighted by molar-refractivity contribution is -0.144. The molecule has 4 aromatic rings. The van der Waals surface area contributed by atoms with Crippen LogP contribution in [0.1, 0.15) is 160 Å². The van der Waals surface area contributed by atoms with E-state index in [-0.39, 0.29) is 119 Å². The molecule has 3 aromatic carbocycles. The Morgan fingerprint density at radius 3 is 1.69 bits per heavy atom. The van der Waals surface area contributed by atoms with Gasteiger partial charge in [-0.25, -0.2) is 0 Å². The van der Waals surface area contributed by atoms with E-state index in [2.05, 4.69) is 63.8 Å². The quantitative estimate of drug-likeness (QED) is 0.0158. The molecule has 19 N–H and O–H groups in total. The van der Waals surface area contributed by atoms with E-state index in [9.17, 15) is 82.1 Å². The maximum Gasteiger partial charge on any atom is 0.305 e. The predicted molar refractivity (Wildman–Crippen MR) is 454 cm³/mol. The fraction of sp³-hybridized carbons (Fsp3) is 0.571. The highest BCUT2D eigenvalue weighted by Crippen LogP contribution is 2.39. The zero-order valence-corrected chi connectivity index (χ0v) is 72.9. The van der Waals surface area contributed by atoms with Crippen molar-refractivity contribution in [1.29, 1.82) is 5.41 Å². The van der Waals surface area contributed by atoms with Crippen molar-refractivity contribution in [3.8, 4) is 17.2 Å². The topological polar surface area (TPSA) is 567 Å². The molecule has 7 rings (SSSR count). The summed E-state index contributed by atoms with van der Waals surface area (Å²) in [5.74, 6) is -13.0. The summed E-state index contributed by atoms with van der Waals surface area (Å²) < 4.78 is 22.3. The molecule has 3 saturated heterocycles. The molecule has 4 heterocycles. The molecule has 0 spiro atoms. The number of fused-ring (bicyclic) bond motifs is 1. The lowest BCUT2D eigenvalue weighted by Gasteiger charge is -2.32. The van der Waals surface area contributed by atoms with Crippen LogP contribution in [-0.2, 0) is 80.0 Å². The number of aliphatic carboxylic acids is 1. The molecular formula is C84H121ClN18O21. The first-order chi connectivity index (χ1) is 58.7. The second-order valence-electron chi connectivity index (χ2n) is 32.4. The Labute approximate surface area is 724 Å². The summed E-state index contributed by atoms with van der Waals surface area (Å²) in [6, 6.07) is 0.0810. The second-order valence-corrected chi connectivity index (χ2v) is 32.8. The molecule has 13 atom stereocenters. The smallest absolute Gasteiger partial charge is 0.305 e. The van der Waals surface area contributed by atoms with E-state index in [1.54, 1.807) is 81.4 Å². The molecule has 40 heteroatoms. The Bertz CT molecular complexity index is 4470. The number of rotatable bonds is 46. The number of β-amino-alcohol motifs (C(OH)–C–C–N with tert-alkyl or cyclic N) is 1. The number of hydrogen-bond acceptors (Lipinski definition) is 22. The number of furan rings is 1. The number of halogens is 1. The summed E-state index contributed by atoms with van der Waals surface area (Å²) in [7, 11) is 4.33. The van der Waals surface area contributed by atoms with E-state index in [1.807, 2.05) is 27.7 Å². The van der Waals surface area contributed by atoms with Gasteiger partial charge in [0.25, 0.3) is 5.91 Å². The highest BCUT2D eigenvalue weighted by Gasteiger charge is 2.46. The maximum atomic E-state index is 15.0. The molecule has 3 aliphatic heterocycles. The summed E-state index contributed by atoms with van der Waals surface area (Å²) in [5, 5.41) is 62.0. The first-order valence-electron chi connectivity index (χ1n) is 41.7. The van der Waals surface area contributed by atoms with Crippen molar-refractivity contribution in [2.45, 2.75) is 237 Å². The van der Waals surface area contributed by atoms with Crippen molar-refractivity contribution < 1.29 is 101 Å². The number of carbonyl (C=O) groups is 15. The van der Waals surface area contributed by atoms with Crippen LogP contribution >= 0.6 is 11.6 Å². The predicted octanol–water partition coefficient (Wildman–Crippen LogP) is 0.0761. The molecule has 680 valence electrons. The Kier molecular flexibility index (Phi) is 37.7. The van der Waals surface area contributed by atoms with Gasteiger partial charge in [0.15, 0.2) is 23.1 Å². The Hall–Kier alpha value is -11.9. The molecule has 39 nitrogen and oxygen atoms in total. The van der Waals surface area contributed by atoms with E-state index in [1.165, 1.54) is 45.0 Å². The molecule has 3 aliphatic rings. The molecule has 3 fully saturated rings. The van der Waals surface area contributed by atoms with Gasteiger partial charge >= 0.3 is 5.97 Å². The summed E-state index contributed by atoms with van der Waals surface area (Å²) >= 11 is 6.25. The minimum atomic E-state index is -1.88. The van der Waals surface area contributed by atoms with Gasteiger partial charge in [0.2, 0.25) is 82.5 Å². The van der Waals surface area contributed by atoms with Crippen LogP contribution in [0.3, 0.4) is 0 Å². The van der Waals surface area contributed by atoms with Crippen molar-refractivity contribution in [2.75, 3.05) is 60.6 Å². The van der Waals surface area contributed by atoms with Crippen molar-refractivity contribution in [3.63, 3.8) is 0 Å². The number of aliphatic hydroxyl groups excluding tert-OH is 1. The number of guanidine groups is 1. The van der Waals surface area contributed by atoms with Crippen LogP contribution in [0.5, 0.6) is 17.2 Å². The number of nitrogens with two attached hydrogens (primary N) is 2. The van der Waals surface area contributed by atoms with Crippen molar-refractivity contribution in [1.82, 2.24) is 78.5 Å². The SMILES string of the molecule is COc1ccc(CC(NC(=O)C(C)NC(=O)C(CC(C)C)NC(=O)c2oc3c(OC)c(OC)ccc3c2C)C(=O)N2CCCC2C(=O)NC(CC(=O)O)C(=O)NC(C)C(=O)NC(C(=O)N2CC(O)CC2C(=O)NC(Cc2ccc(Cl)cc2)C(=O)NC(CCCNC(=N)N)C(=O)N2CCCC2C(=O)NCC(=O)NCCCCC(NC(C)C)C(N)=O)C(C)C)cc1. The number of amides is 14. The van der Waals surface area contributed by atoms with Gasteiger partial charge in [0.05, 0.1) is 46.4 Å². The van der Waals surface area contributed by atoms with E-state index >= 15 is 0 Å². The minimum Gasteiger partial charge on any atom is -0.497 e. The van der Waals surface area contributed by atoms with Gasteiger partial charge in [0.1, 0.15) is 72.2 Å². The van der Waals surface area contributed by atoms with Gasteiger partial charge < -0.3 is 119 Å². The lowest BCUT2D eigenvalue weighted by atomic mass is 10.0. The average Bonchev–Trinajstić information content (AvgIpc) is 1.67. The van der Waals surface area contributed by atoms with Crippen LogP contribution in [0.2, 0.25) is 5.02 Å². The van der Waals surface area contributed by atoms with Crippen LogP contribution in [0.25, 0.3) is 11.0 Å². The molecular weight excluding hydrogens is 1630 g/mol. The van der Waals surface area contributed by atoms with Crippen molar-refractivity contribution >= 4 is 117 Å². The number of aryl methyl sites for hydroxylation is 1. The normalized spacial score (nSPS) is 17.8. The standard InChI is InChI=1S/C84H121ClN18O21/c1-43(2)36-57(98-80(117)68-46(7)54-30-31-64(122-11)70(123-12)69(54)124-68)74(111)93-47(8)72(109)99-60(38-50-24-28-53(121-10)29-25-50)82(119)102-35-17-21-62(102)78(115)97-59(40-66(106)107)75(112)94-48(9)73(110)100-67(44(3)4)83(120)103-42-52(104)39-63(103)79(116)96-58(37-49-22-26-51(85)27-23-49)76(113)95-56(19-15-33-90-84(87)88)81(118)101-34-16-20-61(101)77(114)91-41-65(105)89-32-14-13-18-55(71(86)108)92-45(5)6/h22-31,43-45,47-48,52,55-63,67,92,104H,13-21,32-42H2,1-12H3,(H2,86,108)(H,89,105)(H,91,114)(H,93,111)(H,94,112)(H,95,113)(H,96,116)(H,97,115)(H,98,117)(H,99,109)(H,100,110)(H,106,107)(H4,87,88,90). The fourth-order valence-corrected chi connectivity index (χ4v) is 15.2. The Morgan fingerprint density at radius 1 is 0.565 bits per heavy atom. The summed E-state index contributed by atoms with van der Waals surface area (Å²) in [6.07, 6.45) is -0.486. The molecule has 14 amide bonds. The van der Waals surface area contributed by atoms with Gasteiger partial charge in [-0.2, -0.15) is 0 Å². The van der Waals surface area contributed by atoms with Gasteiger partial charge in [0, 0.05) is 74.0 Å². The van der Waals surface area contributed by atoms with Gasteiger partial charge in [-0.05, 0) is 144 Å². The number of hydrogen-bond donors (Lipinski definition) is 17. The number of likely N-dealkylation sites (tertiary alicyclic amines) is 3. The highest BCUT2D eigenvalue weighted by molar-refractivity contribution is 6.30. The fourth-order valence-electron chi connectivity index (χ4n) is 15.1. The van der Waals surface area contributed by atoms with Crippen LogP contribution in [-0.4, -0.2) is 265 Å². The molecule has 0 aliphatic carbocycles. The molecule has 0 radical (unpaired) electrons. The summed E-state index contributed by atoms with van der Waals surface area (Å²) in [6.45, 7) is 14.4. The monoisotopic (exact) mass is 1750 g/mol. The first kappa shape index (κ1) is 99.2. The van der Waals surface area contributed by atoms with Gasteiger partial charge in [-0.1, -0.05) is 77.4 Å². The number of benzene rings is 3.